The monoisotopic (exact) mass is 250 g/mol. The molecule has 1 heterocycles. The lowest BCUT2D eigenvalue weighted by Crippen LogP contribution is -2.43. The summed E-state index contributed by atoms with van der Waals surface area (Å²) in [5.41, 5.74) is 0.437. The van der Waals surface area contributed by atoms with Gasteiger partial charge in [0.05, 0.1) is 11.7 Å². The van der Waals surface area contributed by atoms with Crippen molar-refractivity contribution < 1.29 is 14.6 Å². The Morgan fingerprint density at radius 1 is 1.39 bits per heavy atom. The number of rotatable bonds is 2. The Labute approximate surface area is 108 Å². The molecular weight excluding hydrogens is 228 g/mol. The summed E-state index contributed by atoms with van der Waals surface area (Å²) in [6.07, 6.45) is 4.68. The molecule has 3 rings (SSSR count). The molecule has 0 bridgehead atoms. The van der Waals surface area contributed by atoms with Gasteiger partial charge in [0.15, 0.2) is 0 Å². The van der Waals surface area contributed by atoms with Gasteiger partial charge in [-0.25, -0.2) is 4.79 Å². The molecule has 2 aliphatic carbocycles. The zero-order valence-corrected chi connectivity index (χ0v) is 11.2. The number of epoxide rings is 1. The molecule has 0 aromatic heterocycles. The predicted molar refractivity (Wildman–Crippen MR) is 68.2 cm³/mol. The van der Waals surface area contributed by atoms with Crippen molar-refractivity contribution in [3.8, 4) is 0 Å². The van der Waals surface area contributed by atoms with Gasteiger partial charge in [-0.1, -0.05) is 13.5 Å². The first-order chi connectivity index (χ1) is 8.44. The molecule has 3 aliphatic rings. The van der Waals surface area contributed by atoms with Gasteiger partial charge in [0.25, 0.3) is 0 Å². The van der Waals surface area contributed by atoms with E-state index in [1.54, 1.807) is 0 Å². The Hall–Kier alpha value is -0.830. The molecule has 0 aromatic carbocycles. The molecule has 1 saturated heterocycles. The second-order valence-corrected chi connectivity index (χ2v) is 6.62. The van der Waals surface area contributed by atoms with E-state index in [2.05, 4.69) is 20.4 Å². The number of hydrogen-bond donors (Lipinski definition) is 1. The molecular formula is C15H22O3. The van der Waals surface area contributed by atoms with Crippen molar-refractivity contribution in [2.24, 2.45) is 23.7 Å². The summed E-state index contributed by atoms with van der Waals surface area (Å²) in [6, 6.07) is 0. The Balaban J connectivity index is 1.87. The molecule has 0 radical (unpaired) electrons. The zero-order valence-electron chi connectivity index (χ0n) is 11.2. The third-order valence-electron chi connectivity index (χ3n) is 5.61. The topological polar surface area (TPSA) is 49.8 Å². The molecule has 100 valence electrons. The molecule has 3 fully saturated rings. The number of carbonyl (C=O) groups is 1. The molecule has 0 amide bonds. The number of fused-ring (bicyclic) bond motifs is 3. The number of ether oxygens (including phenoxy) is 1. The second-order valence-electron chi connectivity index (χ2n) is 6.62. The third-order valence-corrected chi connectivity index (χ3v) is 5.61. The van der Waals surface area contributed by atoms with Crippen LogP contribution in [0.2, 0.25) is 0 Å². The smallest absolute Gasteiger partial charge is 0.331 e. The van der Waals surface area contributed by atoms with Gasteiger partial charge in [-0.05, 0) is 56.3 Å². The molecule has 3 heteroatoms. The Kier molecular flexibility index (Phi) is 2.60. The second kappa shape index (κ2) is 3.83. The molecule has 1 aliphatic heterocycles. The highest BCUT2D eigenvalue weighted by Crippen LogP contribution is 2.60. The van der Waals surface area contributed by atoms with E-state index in [0.29, 0.717) is 23.3 Å². The predicted octanol–water partition coefficient (Wildman–Crippen LogP) is 2.86. The van der Waals surface area contributed by atoms with Crippen LogP contribution in [0, 0.1) is 23.7 Å². The fourth-order valence-electron chi connectivity index (χ4n) is 4.40. The summed E-state index contributed by atoms with van der Waals surface area (Å²) >= 11 is 0. The van der Waals surface area contributed by atoms with E-state index in [1.165, 1.54) is 6.42 Å². The van der Waals surface area contributed by atoms with Crippen LogP contribution in [0.1, 0.15) is 39.5 Å². The van der Waals surface area contributed by atoms with Gasteiger partial charge in [-0.2, -0.15) is 0 Å². The highest BCUT2D eigenvalue weighted by Gasteiger charge is 2.63. The van der Waals surface area contributed by atoms with Gasteiger partial charge < -0.3 is 9.84 Å². The summed E-state index contributed by atoms with van der Waals surface area (Å²) < 4.78 is 5.91. The van der Waals surface area contributed by atoms with E-state index in [4.69, 9.17) is 4.74 Å². The van der Waals surface area contributed by atoms with Gasteiger partial charge >= 0.3 is 5.97 Å². The Morgan fingerprint density at radius 2 is 2.11 bits per heavy atom. The fraction of sp³-hybridized carbons (Fsp3) is 0.800. The Morgan fingerprint density at radius 3 is 2.78 bits per heavy atom. The van der Waals surface area contributed by atoms with E-state index in [0.717, 1.165) is 19.3 Å². The number of aliphatic carboxylic acids is 1. The Bertz CT molecular complexity index is 403. The molecule has 1 unspecified atom stereocenters. The van der Waals surface area contributed by atoms with Crippen LogP contribution >= 0.6 is 0 Å². The van der Waals surface area contributed by atoms with Crippen molar-refractivity contribution >= 4 is 5.97 Å². The molecule has 1 N–H and O–H groups in total. The number of carboxylic acid groups (broad SMARTS) is 1. The van der Waals surface area contributed by atoms with E-state index in [1.807, 2.05) is 0 Å². The number of hydrogen-bond acceptors (Lipinski definition) is 2. The summed E-state index contributed by atoms with van der Waals surface area (Å²) in [7, 11) is 0. The van der Waals surface area contributed by atoms with Gasteiger partial charge in [0.2, 0.25) is 0 Å². The average Bonchev–Trinajstić information content (AvgIpc) is 3.01. The van der Waals surface area contributed by atoms with E-state index < -0.39 is 5.97 Å². The minimum Gasteiger partial charge on any atom is -0.478 e. The molecule has 0 spiro atoms. The number of carboxylic acids is 1. The molecule has 18 heavy (non-hydrogen) atoms. The normalized spacial score (nSPS) is 50.0. The molecule has 3 nitrogen and oxygen atoms in total. The third kappa shape index (κ3) is 1.63. The molecule has 0 aromatic rings. The zero-order chi connectivity index (χ0) is 13.1. The first kappa shape index (κ1) is 12.2. The summed E-state index contributed by atoms with van der Waals surface area (Å²) in [5.74, 6) is 0.996. The maximum atomic E-state index is 11.2. The van der Waals surface area contributed by atoms with Crippen LogP contribution in [-0.4, -0.2) is 22.8 Å². The van der Waals surface area contributed by atoms with Crippen molar-refractivity contribution in [1.82, 2.24) is 0 Å². The maximum Gasteiger partial charge on any atom is 0.331 e. The van der Waals surface area contributed by atoms with Crippen molar-refractivity contribution in [1.29, 1.82) is 0 Å². The summed E-state index contributed by atoms with van der Waals surface area (Å²) in [4.78, 5) is 11.2. The van der Waals surface area contributed by atoms with Crippen LogP contribution in [-0.2, 0) is 9.53 Å². The minimum absolute atomic E-state index is 0.0370. The van der Waals surface area contributed by atoms with Crippen molar-refractivity contribution in [3.63, 3.8) is 0 Å². The van der Waals surface area contributed by atoms with Gasteiger partial charge in [0.1, 0.15) is 0 Å². The first-order valence-corrected chi connectivity index (χ1v) is 7.04. The van der Waals surface area contributed by atoms with E-state index in [-0.39, 0.29) is 17.6 Å². The first-order valence-electron chi connectivity index (χ1n) is 7.04. The summed E-state index contributed by atoms with van der Waals surface area (Å²) in [5, 5.41) is 9.21. The van der Waals surface area contributed by atoms with Crippen LogP contribution in [0.15, 0.2) is 12.2 Å². The van der Waals surface area contributed by atoms with Crippen molar-refractivity contribution in [2.75, 3.05) is 0 Å². The highest BCUT2D eigenvalue weighted by molar-refractivity contribution is 5.86. The molecule has 2 saturated carbocycles. The quantitative estimate of drug-likeness (QED) is 0.605. The van der Waals surface area contributed by atoms with Crippen LogP contribution in [0.4, 0.5) is 0 Å². The highest BCUT2D eigenvalue weighted by atomic mass is 16.6. The SMILES string of the molecule is C=C(C(=O)O)[C@@H]1CC[C@@H](C)[C@@H]2CC[C@@]3(C)O[C@@H]3C21. The van der Waals surface area contributed by atoms with Crippen LogP contribution in [0.25, 0.3) is 0 Å². The van der Waals surface area contributed by atoms with Gasteiger partial charge in [-0.3, -0.25) is 0 Å². The van der Waals surface area contributed by atoms with Gasteiger partial charge in [0, 0.05) is 5.57 Å². The van der Waals surface area contributed by atoms with Gasteiger partial charge in [-0.15, -0.1) is 0 Å². The largest absolute Gasteiger partial charge is 0.478 e. The summed E-state index contributed by atoms with van der Waals surface area (Å²) in [6.45, 7) is 8.30. The van der Waals surface area contributed by atoms with Crippen molar-refractivity contribution in [2.45, 2.75) is 51.2 Å². The molecule has 6 atom stereocenters. The van der Waals surface area contributed by atoms with Crippen LogP contribution in [0.3, 0.4) is 0 Å². The lowest BCUT2D eigenvalue weighted by atomic mass is 9.58. The fourth-order valence-corrected chi connectivity index (χ4v) is 4.40. The maximum absolute atomic E-state index is 11.2. The van der Waals surface area contributed by atoms with Crippen molar-refractivity contribution in [3.05, 3.63) is 12.2 Å². The van der Waals surface area contributed by atoms with Crippen LogP contribution in [0.5, 0.6) is 0 Å². The minimum atomic E-state index is -0.832. The van der Waals surface area contributed by atoms with E-state index in [9.17, 15) is 9.90 Å². The lowest BCUT2D eigenvalue weighted by Gasteiger charge is -2.44. The average molecular weight is 250 g/mol. The van der Waals surface area contributed by atoms with Crippen LogP contribution < -0.4 is 0 Å². The lowest BCUT2D eigenvalue weighted by molar-refractivity contribution is -0.134. The standard InChI is InChI=1S/C15H22O3/c1-8-4-5-11(9(2)14(16)17)12-10(8)6-7-15(3)13(12)18-15/h8,10-13H,2,4-7H2,1,3H3,(H,16,17)/t8-,10+,11+,12?,13-,15-/m1/s1. The van der Waals surface area contributed by atoms with E-state index >= 15 is 0 Å².